The number of nitrogens with zero attached hydrogens (tertiary/aromatic N) is 2. The lowest BCUT2D eigenvalue weighted by Crippen LogP contribution is -2.03. The van der Waals surface area contributed by atoms with Crippen molar-refractivity contribution in [1.82, 2.24) is 10.1 Å². The molecule has 2 aliphatic rings. The lowest BCUT2D eigenvalue weighted by atomic mass is 10.1. The van der Waals surface area contributed by atoms with E-state index >= 15 is 0 Å². The van der Waals surface area contributed by atoms with Gasteiger partial charge >= 0.3 is 0 Å². The lowest BCUT2D eigenvalue weighted by Gasteiger charge is -2.08. The number of sulfone groups is 1. The van der Waals surface area contributed by atoms with Gasteiger partial charge in [0.1, 0.15) is 0 Å². The third-order valence-electron chi connectivity index (χ3n) is 4.20. The summed E-state index contributed by atoms with van der Waals surface area (Å²) in [6, 6.07) is 5.32. The van der Waals surface area contributed by atoms with Crippen LogP contribution in [0.5, 0.6) is 0 Å². The molecule has 0 radical (unpaired) electrons. The summed E-state index contributed by atoms with van der Waals surface area (Å²) in [6.07, 6.45) is 3.96. The molecule has 22 heavy (non-hydrogen) atoms. The Bertz CT molecular complexity index is 809. The van der Waals surface area contributed by atoms with Crippen molar-refractivity contribution in [1.29, 1.82) is 0 Å². The van der Waals surface area contributed by atoms with Crippen LogP contribution in [0.15, 0.2) is 27.6 Å². The molecule has 2 aromatic rings. The molecule has 2 heterocycles. The van der Waals surface area contributed by atoms with E-state index in [4.69, 9.17) is 4.52 Å². The van der Waals surface area contributed by atoms with E-state index in [1.807, 2.05) is 6.07 Å². The number of anilines is 1. The zero-order chi connectivity index (χ0) is 15.2. The molecule has 1 aliphatic heterocycles. The molecule has 116 valence electrons. The molecule has 4 rings (SSSR count). The van der Waals surface area contributed by atoms with Crippen molar-refractivity contribution >= 4 is 15.5 Å². The summed E-state index contributed by atoms with van der Waals surface area (Å²) in [5, 5.41) is 7.20. The lowest BCUT2D eigenvalue weighted by molar-refractivity contribution is 0.377. The molecular formula is C15H17N3O3S. The monoisotopic (exact) mass is 319 g/mol. The predicted molar refractivity (Wildman–Crippen MR) is 80.3 cm³/mol. The highest BCUT2D eigenvalue weighted by Gasteiger charge is 2.28. The van der Waals surface area contributed by atoms with Crippen molar-refractivity contribution in [3.05, 3.63) is 35.5 Å². The highest BCUT2D eigenvalue weighted by Crippen LogP contribution is 2.32. The maximum atomic E-state index is 11.9. The van der Waals surface area contributed by atoms with Crippen molar-refractivity contribution in [2.75, 3.05) is 11.1 Å². The Morgan fingerprint density at radius 1 is 1.32 bits per heavy atom. The van der Waals surface area contributed by atoms with E-state index in [9.17, 15) is 8.42 Å². The number of nitrogens with one attached hydrogen (secondary N) is 1. The van der Waals surface area contributed by atoms with Gasteiger partial charge in [-0.05, 0) is 42.9 Å². The Hall–Kier alpha value is -1.89. The molecule has 1 aromatic heterocycles. The Balaban J connectivity index is 1.48. The second kappa shape index (κ2) is 5.08. The van der Waals surface area contributed by atoms with Gasteiger partial charge in [0.25, 0.3) is 0 Å². The topological polar surface area (TPSA) is 85.1 Å². The second-order valence-corrected chi connectivity index (χ2v) is 8.03. The minimum atomic E-state index is -3.10. The number of hydrogen-bond acceptors (Lipinski definition) is 6. The maximum Gasteiger partial charge on any atom is 0.245 e. The van der Waals surface area contributed by atoms with Crippen LogP contribution in [0.25, 0.3) is 0 Å². The molecule has 1 N–H and O–H groups in total. The van der Waals surface area contributed by atoms with Crippen molar-refractivity contribution in [2.24, 2.45) is 5.92 Å². The van der Waals surface area contributed by atoms with Crippen molar-refractivity contribution < 1.29 is 12.9 Å². The number of hydrogen-bond donors (Lipinski definition) is 1. The van der Waals surface area contributed by atoms with Crippen LogP contribution < -0.4 is 5.32 Å². The van der Waals surface area contributed by atoms with Gasteiger partial charge in [-0.15, -0.1) is 0 Å². The first kappa shape index (κ1) is 13.8. The standard InChI is InChI=1S/C15H17N3O3S/c19-22(20)7-6-11-12(2-1-3-13(11)22)16-9-15-17-14(18-21-15)8-10-4-5-10/h1-3,10,16H,4-9H2. The van der Waals surface area contributed by atoms with Crippen molar-refractivity contribution in [3.63, 3.8) is 0 Å². The van der Waals surface area contributed by atoms with Gasteiger partial charge in [0.2, 0.25) is 5.89 Å². The highest BCUT2D eigenvalue weighted by atomic mass is 32.2. The van der Waals surface area contributed by atoms with Crippen molar-refractivity contribution in [2.45, 2.75) is 37.1 Å². The Labute approximate surface area is 128 Å². The summed E-state index contributed by atoms with van der Waals surface area (Å²) in [5.74, 6) is 2.21. The Morgan fingerprint density at radius 2 is 2.18 bits per heavy atom. The van der Waals surface area contributed by atoms with Crippen LogP contribution in [0.3, 0.4) is 0 Å². The average Bonchev–Trinajstić information content (AvgIpc) is 3.10. The quantitative estimate of drug-likeness (QED) is 0.907. The van der Waals surface area contributed by atoms with E-state index in [-0.39, 0.29) is 5.75 Å². The first-order valence-corrected chi connectivity index (χ1v) is 9.17. The van der Waals surface area contributed by atoms with Crippen LogP contribution in [-0.4, -0.2) is 24.3 Å². The third-order valence-corrected chi connectivity index (χ3v) is 5.99. The molecule has 0 spiro atoms. The van der Waals surface area contributed by atoms with Crippen LogP contribution in [-0.2, 0) is 29.2 Å². The minimum absolute atomic E-state index is 0.188. The van der Waals surface area contributed by atoms with Crippen molar-refractivity contribution in [3.8, 4) is 0 Å². The summed E-state index contributed by atoms with van der Waals surface area (Å²) in [7, 11) is -3.10. The van der Waals surface area contributed by atoms with E-state index in [1.54, 1.807) is 12.1 Å². The van der Waals surface area contributed by atoms with Crippen LogP contribution in [0.4, 0.5) is 5.69 Å². The average molecular weight is 319 g/mol. The number of rotatable bonds is 5. The molecule has 0 unspecified atom stereocenters. The van der Waals surface area contributed by atoms with Gasteiger partial charge in [-0.1, -0.05) is 11.2 Å². The number of benzene rings is 1. The third kappa shape index (κ3) is 2.61. The highest BCUT2D eigenvalue weighted by molar-refractivity contribution is 7.91. The molecule has 1 aliphatic carbocycles. The molecule has 1 fully saturated rings. The van der Waals surface area contributed by atoms with Gasteiger partial charge in [0, 0.05) is 12.1 Å². The number of aromatic nitrogens is 2. The van der Waals surface area contributed by atoms with E-state index in [1.165, 1.54) is 12.8 Å². The first-order chi connectivity index (χ1) is 10.6. The molecule has 7 heteroatoms. The smallest absolute Gasteiger partial charge is 0.245 e. The SMILES string of the molecule is O=S1(=O)CCc2c(NCc3nc(CC4CC4)no3)cccc21. The molecule has 0 saturated heterocycles. The number of fused-ring (bicyclic) bond motifs is 1. The Morgan fingerprint density at radius 3 is 3.00 bits per heavy atom. The second-order valence-electron chi connectivity index (χ2n) is 5.96. The summed E-state index contributed by atoms with van der Waals surface area (Å²) in [5.41, 5.74) is 1.70. The summed E-state index contributed by atoms with van der Waals surface area (Å²) < 4.78 is 29.1. The molecule has 6 nitrogen and oxygen atoms in total. The zero-order valence-corrected chi connectivity index (χ0v) is 12.9. The van der Waals surface area contributed by atoms with Gasteiger partial charge in [-0.3, -0.25) is 0 Å². The maximum absolute atomic E-state index is 11.9. The summed E-state index contributed by atoms with van der Waals surface area (Å²) >= 11 is 0. The van der Waals surface area contributed by atoms with Crippen LogP contribution in [0.1, 0.15) is 30.1 Å². The molecule has 0 atom stereocenters. The first-order valence-electron chi connectivity index (χ1n) is 7.52. The predicted octanol–water partition coefficient (Wildman–Crippen LogP) is 1.96. The van der Waals surface area contributed by atoms with Crippen LogP contribution in [0.2, 0.25) is 0 Å². The summed E-state index contributed by atoms with van der Waals surface area (Å²) in [6.45, 7) is 0.411. The largest absolute Gasteiger partial charge is 0.376 e. The Kier molecular flexibility index (Phi) is 3.18. The molecular weight excluding hydrogens is 302 g/mol. The molecule has 1 aromatic carbocycles. The molecule has 0 amide bonds. The van der Waals surface area contributed by atoms with Gasteiger partial charge in [-0.2, -0.15) is 4.98 Å². The van der Waals surface area contributed by atoms with Crippen LogP contribution in [0, 0.1) is 5.92 Å². The van der Waals surface area contributed by atoms with Gasteiger partial charge in [0.15, 0.2) is 15.7 Å². The molecule has 0 bridgehead atoms. The van der Waals surface area contributed by atoms with Gasteiger partial charge in [0.05, 0.1) is 17.2 Å². The van der Waals surface area contributed by atoms with E-state index in [2.05, 4.69) is 15.5 Å². The zero-order valence-electron chi connectivity index (χ0n) is 12.1. The fourth-order valence-electron chi connectivity index (χ4n) is 2.82. The van der Waals surface area contributed by atoms with E-state index < -0.39 is 9.84 Å². The normalized spacial score (nSPS) is 19.1. The minimum Gasteiger partial charge on any atom is -0.376 e. The van der Waals surface area contributed by atoms with E-state index in [0.717, 1.165) is 29.4 Å². The van der Waals surface area contributed by atoms with E-state index in [0.29, 0.717) is 23.8 Å². The summed E-state index contributed by atoms with van der Waals surface area (Å²) in [4.78, 5) is 4.81. The fourth-order valence-corrected chi connectivity index (χ4v) is 4.39. The van der Waals surface area contributed by atoms with Gasteiger partial charge in [-0.25, -0.2) is 8.42 Å². The van der Waals surface area contributed by atoms with Crippen LogP contribution >= 0.6 is 0 Å². The molecule has 1 saturated carbocycles. The van der Waals surface area contributed by atoms with Gasteiger partial charge < -0.3 is 9.84 Å². The fraction of sp³-hybridized carbons (Fsp3) is 0.467.